The van der Waals surface area contributed by atoms with E-state index in [1.807, 2.05) is 6.26 Å². The quantitative estimate of drug-likeness (QED) is 0.141. The predicted octanol–water partition coefficient (Wildman–Crippen LogP) is -0.357. The summed E-state index contributed by atoms with van der Waals surface area (Å²) in [4.78, 5) is 60.9. The number of hydrogen-bond donors (Lipinski definition) is 7. The van der Waals surface area contributed by atoms with Crippen LogP contribution >= 0.6 is 24.4 Å². The zero-order valence-corrected chi connectivity index (χ0v) is 21.0. The van der Waals surface area contributed by atoms with Crippen LogP contribution in [0.5, 0.6) is 0 Å². The van der Waals surface area contributed by atoms with Gasteiger partial charge in [-0.3, -0.25) is 19.2 Å². The first kappa shape index (κ1) is 30.3. The number of rotatable bonds is 16. The molecule has 13 heteroatoms. The van der Waals surface area contributed by atoms with Crippen LogP contribution in [0.15, 0.2) is 30.3 Å². The van der Waals surface area contributed by atoms with Crippen LogP contribution in [0, 0.1) is 0 Å². The lowest BCUT2D eigenvalue weighted by molar-refractivity contribution is -0.142. The van der Waals surface area contributed by atoms with Crippen molar-refractivity contribution in [1.29, 1.82) is 0 Å². The number of hydrogen-bond acceptors (Lipinski definition) is 8. The number of carboxylic acids is 2. The molecule has 0 heterocycles. The Balaban J connectivity index is 3.11. The van der Waals surface area contributed by atoms with Crippen molar-refractivity contribution >= 4 is 54.1 Å². The molecule has 0 aliphatic rings. The summed E-state index contributed by atoms with van der Waals surface area (Å²) in [5.41, 5.74) is 6.34. The van der Waals surface area contributed by atoms with Crippen molar-refractivity contribution in [2.24, 2.45) is 5.73 Å². The largest absolute Gasteiger partial charge is 0.481 e. The lowest BCUT2D eigenvalue weighted by atomic mass is 10.0. The van der Waals surface area contributed by atoms with Gasteiger partial charge in [-0.1, -0.05) is 30.3 Å². The van der Waals surface area contributed by atoms with Crippen molar-refractivity contribution in [2.45, 2.75) is 49.9 Å². The van der Waals surface area contributed by atoms with E-state index in [0.717, 1.165) is 0 Å². The highest BCUT2D eigenvalue weighted by molar-refractivity contribution is 7.98. The average Bonchev–Trinajstić information content (AvgIpc) is 2.83. The number of nitrogens with two attached hydrogens (primary N) is 1. The summed E-state index contributed by atoms with van der Waals surface area (Å²) in [5, 5.41) is 25.9. The van der Waals surface area contributed by atoms with Crippen molar-refractivity contribution in [3.8, 4) is 0 Å². The lowest BCUT2D eigenvalue weighted by Crippen LogP contribution is -2.57. The number of carboxylic acid groups (broad SMARTS) is 2. The molecule has 4 atom stereocenters. The van der Waals surface area contributed by atoms with Gasteiger partial charge in [-0.15, -0.1) is 0 Å². The van der Waals surface area contributed by atoms with Gasteiger partial charge in [-0.25, -0.2) is 4.79 Å². The fraction of sp³-hybridized carbons (Fsp3) is 0.500. The molecule has 4 unspecified atom stereocenters. The molecule has 1 aromatic rings. The van der Waals surface area contributed by atoms with Crippen molar-refractivity contribution in [3.63, 3.8) is 0 Å². The molecule has 1 rings (SSSR count). The number of amides is 3. The van der Waals surface area contributed by atoms with Gasteiger partial charge in [0.15, 0.2) is 0 Å². The number of carbonyl (C=O) groups excluding carboxylic acids is 3. The van der Waals surface area contributed by atoms with E-state index in [1.165, 1.54) is 11.8 Å². The van der Waals surface area contributed by atoms with E-state index < -0.39 is 60.2 Å². The third kappa shape index (κ3) is 11.5. The Kier molecular flexibility index (Phi) is 13.8. The maximum absolute atomic E-state index is 13.0. The minimum absolute atomic E-state index is 0.00473. The first-order valence-corrected chi connectivity index (χ1v) is 12.9. The van der Waals surface area contributed by atoms with Crippen LogP contribution in [0.1, 0.15) is 24.8 Å². The minimum atomic E-state index is -1.28. The molecule has 3 amide bonds. The van der Waals surface area contributed by atoms with E-state index in [4.69, 9.17) is 10.8 Å². The fourth-order valence-electron chi connectivity index (χ4n) is 3.00. The topological polar surface area (TPSA) is 188 Å². The molecule has 0 fully saturated rings. The van der Waals surface area contributed by atoms with Gasteiger partial charge in [-0.2, -0.15) is 24.4 Å². The molecule has 0 saturated heterocycles. The van der Waals surface area contributed by atoms with Crippen LogP contribution in [0.4, 0.5) is 0 Å². The van der Waals surface area contributed by atoms with Gasteiger partial charge < -0.3 is 31.9 Å². The molecule has 0 aliphatic carbocycles. The number of nitrogens with one attached hydrogen (secondary N) is 3. The first-order chi connectivity index (χ1) is 16.6. The molecule has 11 nitrogen and oxygen atoms in total. The van der Waals surface area contributed by atoms with Gasteiger partial charge in [0.2, 0.25) is 17.7 Å². The molecule has 35 heavy (non-hydrogen) atoms. The maximum atomic E-state index is 13.0. The molecule has 0 spiro atoms. The number of thiol groups is 1. The number of benzene rings is 1. The molecule has 7 N–H and O–H groups in total. The third-order valence-corrected chi connectivity index (χ3v) is 5.99. The SMILES string of the molecule is CSCCC(NC(=O)C(Cc1ccccc1)NC(=O)C(CCC(=O)O)NC(=O)C(N)CS)C(=O)O. The summed E-state index contributed by atoms with van der Waals surface area (Å²) in [7, 11) is 0. The summed E-state index contributed by atoms with van der Waals surface area (Å²) in [6.45, 7) is 0. The lowest BCUT2D eigenvalue weighted by Gasteiger charge is -2.25. The zero-order valence-electron chi connectivity index (χ0n) is 19.3. The highest BCUT2D eigenvalue weighted by Crippen LogP contribution is 2.08. The van der Waals surface area contributed by atoms with Crippen molar-refractivity contribution in [1.82, 2.24) is 16.0 Å². The van der Waals surface area contributed by atoms with Crippen LogP contribution < -0.4 is 21.7 Å². The van der Waals surface area contributed by atoms with Crippen LogP contribution in [0.25, 0.3) is 0 Å². The van der Waals surface area contributed by atoms with E-state index in [2.05, 4.69) is 28.6 Å². The van der Waals surface area contributed by atoms with Crippen molar-refractivity contribution in [2.75, 3.05) is 17.8 Å². The monoisotopic (exact) mass is 528 g/mol. The number of thioether (sulfide) groups is 1. The van der Waals surface area contributed by atoms with Gasteiger partial charge >= 0.3 is 11.9 Å². The van der Waals surface area contributed by atoms with Crippen LogP contribution in [0.2, 0.25) is 0 Å². The maximum Gasteiger partial charge on any atom is 0.326 e. The van der Waals surface area contributed by atoms with E-state index in [1.54, 1.807) is 30.3 Å². The van der Waals surface area contributed by atoms with E-state index in [0.29, 0.717) is 11.3 Å². The molecule has 0 aliphatic heterocycles. The number of carbonyl (C=O) groups is 5. The highest BCUT2D eigenvalue weighted by atomic mass is 32.2. The Morgan fingerprint density at radius 3 is 2.03 bits per heavy atom. The van der Waals surface area contributed by atoms with Gasteiger partial charge in [0.1, 0.15) is 18.1 Å². The van der Waals surface area contributed by atoms with Gasteiger partial charge in [0, 0.05) is 18.6 Å². The summed E-state index contributed by atoms with van der Waals surface area (Å²) < 4.78 is 0. The second kappa shape index (κ2) is 16.0. The van der Waals surface area contributed by atoms with Gasteiger partial charge in [-0.05, 0) is 30.4 Å². The zero-order chi connectivity index (χ0) is 26.4. The van der Waals surface area contributed by atoms with Gasteiger partial charge in [0.05, 0.1) is 6.04 Å². The van der Waals surface area contributed by atoms with E-state index >= 15 is 0 Å². The smallest absolute Gasteiger partial charge is 0.326 e. The fourth-order valence-corrected chi connectivity index (χ4v) is 3.63. The Morgan fingerprint density at radius 2 is 1.49 bits per heavy atom. The molecule has 0 radical (unpaired) electrons. The second-order valence-electron chi connectivity index (χ2n) is 7.71. The predicted molar refractivity (Wildman–Crippen MR) is 135 cm³/mol. The number of aliphatic carboxylic acids is 2. The molecule has 194 valence electrons. The summed E-state index contributed by atoms with van der Waals surface area (Å²) in [6, 6.07) is 4.14. The standard InChI is InChI=1S/C22H32N4O7S2/c1-35-10-9-16(22(32)33)25-21(31)17(11-13-5-3-2-4-6-13)26-20(30)15(7-8-18(27)28)24-19(29)14(23)12-34/h2-6,14-17,34H,7-12,23H2,1H3,(H,24,29)(H,25,31)(H,26,30)(H,27,28)(H,32,33). The summed E-state index contributed by atoms with van der Waals surface area (Å²) in [5.74, 6) is -4.08. The second-order valence-corrected chi connectivity index (χ2v) is 9.07. The van der Waals surface area contributed by atoms with E-state index in [-0.39, 0.29) is 25.0 Å². The molecular formula is C22H32N4O7S2. The Bertz CT molecular complexity index is 873. The molecule has 0 saturated carbocycles. The van der Waals surface area contributed by atoms with Crippen LogP contribution in [-0.2, 0) is 30.4 Å². The molecule has 0 bridgehead atoms. The van der Waals surface area contributed by atoms with Crippen LogP contribution in [-0.4, -0.2) is 81.8 Å². The molecule has 0 aromatic heterocycles. The Hall–Kier alpha value is -2.77. The summed E-state index contributed by atoms with van der Waals surface area (Å²) in [6.07, 6.45) is 1.39. The van der Waals surface area contributed by atoms with E-state index in [9.17, 15) is 29.1 Å². The van der Waals surface area contributed by atoms with Crippen LogP contribution in [0.3, 0.4) is 0 Å². The Labute approximate surface area is 213 Å². The normalized spacial score (nSPS) is 14.1. The molecule has 1 aromatic carbocycles. The van der Waals surface area contributed by atoms with Crippen molar-refractivity contribution in [3.05, 3.63) is 35.9 Å². The highest BCUT2D eigenvalue weighted by Gasteiger charge is 2.30. The van der Waals surface area contributed by atoms with Crippen molar-refractivity contribution < 1.29 is 34.2 Å². The minimum Gasteiger partial charge on any atom is -0.481 e. The average molecular weight is 529 g/mol. The molecular weight excluding hydrogens is 496 g/mol. The first-order valence-electron chi connectivity index (χ1n) is 10.8. The summed E-state index contributed by atoms with van der Waals surface area (Å²) >= 11 is 5.37. The third-order valence-electron chi connectivity index (χ3n) is 4.95. The van der Waals surface area contributed by atoms with Gasteiger partial charge in [0.25, 0.3) is 0 Å². The Morgan fingerprint density at radius 1 is 0.914 bits per heavy atom.